The van der Waals surface area contributed by atoms with Crippen LogP contribution in [0.25, 0.3) is 0 Å². The van der Waals surface area contributed by atoms with E-state index in [1.807, 2.05) is 0 Å². The average Bonchev–Trinajstić information content (AvgIpc) is 3.04. The molecule has 1 atom stereocenters. The van der Waals surface area contributed by atoms with E-state index in [1.165, 1.54) is 19.0 Å². The molecule has 0 bridgehead atoms. The molecule has 2 fully saturated rings. The van der Waals surface area contributed by atoms with Gasteiger partial charge in [-0.1, -0.05) is 12.8 Å². The number of rotatable bonds is 3. The van der Waals surface area contributed by atoms with Gasteiger partial charge >= 0.3 is 5.97 Å². The van der Waals surface area contributed by atoms with E-state index in [2.05, 4.69) is 26.2 Å². The van der Waals surface area contributed by atoms with Crippen LogP contribution in [0.15, 0.2) is 16.7 Å². The highest BCUT2D eigenvalue weighted by atomic mass is 79.9. The van der Waals surface area contributed by atoms with Gasteiger partial charge in [-0.25, -0.2) is 9.78 Å². The molecule has 1 aromatic heterocycles. The SMILES string of the molecule is O=C(O)c1cnc(NC2CCOC23CCCC3)c(Br)c1. The number of ether oxygens (including phenoxy) is 1. The largest absolute Gasteiger partial charge is 0.478 e. The summed E-state index contributed by atoms with van der Waals surface area (Å²) in [4.78, 5) is 15.1. The molecule has 5 nitrogen and oxygen atoms in total. The predicted molar refractivity (Wildman–Crippen MR) is 78.1 cm³/mol. The van der Waals surface area contributed by atoms with Crippen molar-refractivity contribution >= 4 is 27.7 Å². The third kappa shape index (κ3) is 2.42. The van der Waals surface area contributed by atoms with Gasteiger partial charge in [-0.2, -0.15) is 0 Å². The Morgan fingerprint density at radius 3 is 2.90 bits per heavy atom. The number of aromatic carboxylic acids is 1. The number of halogens is 1. The lowest BCUT2D eigenvalue weighted by Crippen LogP contribution is -2.41. The Labute approximate surface area is 125 Å². The molecule has 1 saturated heterocycles. The number of carboxylic acids is 1. The molecule has 1 aliphatic heterocycles. The minimum atomic E-state index is -0.971. The van der Waals surface area contributed by atoms with Gasteiger partial charge in [0.05, 0.1) is 21.7 Å². The van der Waals surface area contributed by atoms with Gasteiger partial charge in [-0.3, -0.25) is 0 Å². The molecule has 2 N–H and O–H groups in total. The van der Waals surface area contributed by atoms with Crippen LogP contribution in [0.3, 0.4) is 0 Å². The summed E-state index contributed by atoms with van der Waals surface area (Å²) in [6.07, 6.45) is 6.96. The summed E-state index contributed by atoms with van der Waals surface area (Å²) in [6.45, 7) is 0.780. The zero-order valence-corrected chi connectivity index (χ0v) is 12.6. The Bertz CT molecular complexity index is 524. The summed E-state index contributed by atoms with van der Waals surface area (Å²) < 4.78 is 6.67. The molecular formula is C14H17BrN2O3. The highest BCUT2D eigenvalue weighted by Crippen LogP contribution is 2.42. The normalized spacial score (nSPS) is 24.1. The first-order valence-electron chi connectivity index (χ1n) is 6.90. The Balaban J connectivity index is 1.79. The van der Waals surface area contributed by atoms with Crippen molar-refractivity contribution in [2.75, 3.05) is 11.9 Å². The summed E-state index contributed by atoms with van der Waals surface area (Å²) in [5, 5.41) is 12.4. The van der Waals surface area contributed by atoms with E-state index in [4.69, 9.17) is 9.84 Å². The van der Waals surface area contributed by atoms with Gasteiger partial charge < -0.3 is 15.2 Å². The first kappa shape index (κ1) is 13.8. The predicted octanol–water partition coefficient (Wildman–Crippen LogP) is 3.06. The Morgan fingerprint density at radius 1 is 1.50 bits per heavy atom. The third-order valence-corrected chi connectivity index (χ3v) is 4.88. The molecule has 0 amide bonds. The van der Waals surface area contributed by atoms with Crippen LogP contribution < -0.4 is 5.32 Å². The Hall–Kier alpha value is -1.14. The van der Waals surface area contributed by atoms with Crippen LogP contribution in [0.4, 0.5) is 5.82 Å². The van der Waals surface area contributed by atoms with Crippen LogP contribution in [-0.4, -0.2) is 34.3 Å². The molecule has 2 heterocycles. The van der Waals surface area contributed by atoms with Gasteiger partial charge in [-0.05, 0) is 41.3 Å². The van der Waals surface area contributed by atoms with Crippen molar-refractivity contribution < 1.29 is 14.6 Å². The minimum absolute atomic E-state index is 0.0490. The van der Waals surface area contributed by atoms with Gasteiger partial charge in [0.2, 0.25) is 0 Å². The smallest absolute Gasteiger partial charge is 0.337 e. The number of carboxylic acid groups (broad SMARTS) is 1. The van der Waals surface area contributed by atoms with Gasteiger partial charge in [0.15, 0.2) is 0 Å². The van der Waals surface area contributed by atoms with Crippen LogP contribution >= 0.6 is 15.9 Å². The quantitative estimate of drug-likeness (QED) is 0.884. The Kier molecular flexibility index (Phi) is 3.69. The van der Waals surface area contributed by atoms with Crippen LogP contribution in [0.1, 0.15) is 42.5 Å². The van der Waals surface area contributed by atoms with Crippen molar-refractivity contribution in [3.8, 4) is 0 Å². The number of carbonyl (C=O) groups is 1. The van der Waals surface area contributed by atoms with Gasteiger partial charge in [0, 0.05) is 12.8 Å². The molecule has 1 aromatic rings. The van der Waals surface area contributed by atoms with E-state index < -0.39 is 5.97 Å². The van der Waals surface area contributed by atoms with Crippen molar-refractivity contribution in [3.63, 3.8) is 0 Å². The van der Waals surface area contributed by atoms with E-state index in [9.17, 15) is 4.79 Å². The van der Waals surface area contributed by atoms with E-state index in [0.717, 1.165) is 25.9 Å². The lowest BCUT2D eigenvalue weighted by molar-refractivity contribution is 0.00516. The standard InChI is InChI=1S/C14H17BrN2O3/c15-10-7-9(13(18)19)8-16-12(10)17-11-3-6-20-14(11)4-1-2-5-14/h7-8,11H,1-6H2,(H,16,17)(H,18,19). The summed E-state index contributed by atoms with van der Waals surface area (Å²) in [6, 6.07) is 1.83. The molecule has 6 heteroatoms. The van der Waals surface area contributed by atoms with Crippen LogP contribution in [0, 0.1) is 0 Å². The first-order valence-corrected chi connectivity index (χ1v) is 7.69. The molecule has 0 radical (unpaired) electrons. The number of anilines is 1. The summed E-state index contributed by atoms with van der Waals surface area (Å²) in [5.41, 5.74) is 0.132. The number of nitrogens with zero attached hydrogens (tertiary/aromatic N) is 1. The van der Waals surface area contributed by atoms with Gasteiger partial charge in [0.25, 0.3) is 0 Å². The third-order valence-electron chi connectivity index (χ3n) is 4.28. The van der Waals surface area contributed by atoms with Crippen molar-refractivity contribution in [1.82, 2.24) is 4.98 Å². The topological polar surface area (TPSA) is 71.5 Å². The minimum Gasteiger partial charge on any atom is -0.478 e. The molecule has 108 valence electrons. The summed E-state index contributed by atoms with van der Waals surface area (Å²) in [5.74, 6) is -0.280. The first-order chi connectivity index (χ1) is 9.61. The highest BCUT2D eigenvalue weighted by Gasteiger charge is 2.46. The van der Waals surface area contributed by atoms with E-state index in [1.54, 1.807) is 6.07 Å². The highest BCUT2D eigenvalue weighted by molar-refractivity contribution is 9.10. The Morgan fingerprint density at radius 2 is 2.25 bits per heavy atom. The monoisotopic (exact) mass is 340 g/mol. The lowest BCUT2D eigenvalue weighted by Gasteiger charge is -2.31. The molecule has 20 heavy (non-hydrogen) atoms. The molecule has 1 unspecified atom stereocenters. The second-order valence-electron chi connectivity index (χ2n) is 5.47. The van der Waals surface area contributed by atoms with E-state index in [0.29, 0.717) is 10.3 Å². The number of nitrogens with one attached hydrogen (secondary N) is 1. The van der Waals surface area contributed by atoms with E-state index in [-0.39, 0.29) is 17.2 Å². The van der Waals surface area contributed by atoms with E-state index >= 15 is 0 Å². The summed E-state index contributed by atoms with van der Waals surface area (Å²) >= 11 is 3.39. The fraction of sp³-hybridized carbons (Fsp3) is 0.571. The molecule has 0 aromatic carbocycles. The van der Waals surface area contributed by atoms with Gasteiger partial charge in [-0.15, -0.1) is 0 Å². The van der Waals surface area contributed by atoms with Crippen LogP contribution in [0.2, 0.25) is 0 Å². The number of aromatic nitrogens is 1. The average molecular weight is 341 g/mol. The molecule has 2 aliphatic rings. The zero-order chi connectivity index (χ0) is 14.2. The fourth-order valence-corrected chi connectivity index (χ4v) is 3.70. The molecule has 3 rings (SSSR count). The number of hydrogen-bond acceptors (Lipinski definition) is 4. The molecule has 1 aliphatic carbocycles. The molecule has 1 spiro atoms. The summed E-state index contributed by atoms with van der Waals surface area (Å²) in [7, 11) is 0. The second kappa shape index (κ2) is 5.33. The fourth-order valence-electron chi connectivity index (χ4n) is 3.24. The lowest BCUT2D eigenvalue weighted by atomic mass is 9.92. The maximum Gasteiger partial charge on any atom is 0.337 e. The zero-order valence-electron chi connectivity index (χ0n) is 11.1. The second-order valence-corrected chi connectivity index (χ2v) is 6.32. The number of pyridine rings is 1. The van der Waals surface area contributed by atoms with Crippen molar-refractivity contribution in [2.45, 2.75) is 43.7 Å². The molecular weight excluding hydrogens is 324 g/mol. The van der Waals surface area contributed by atoms with Crippen LogP contribution in [0.5, 0.6) is 0 Å². The van der Waals surface area contributed by atoms with Gasteiger partial charge in [0.1, 0.15) is 5.82 Å². The number of hydrogen-bond donors (Lipinski definition) is 2. The van der Waals surface area contributed by atoms with Crippen molar-refractivity contribution in [2.24, 2.45) is 0 Å². The maximum atomic E-state index is 10.9. The van der Waals surface area contributed by atoms with Crippen LogP contribution in [-0.2, 0) is 4.74 Å². The van der Waals surface area contributed by atoms with Crippen molar-refractivity contribution in [3.05, 3.63) is 22.3 Å². The maximum absolute atomic E-state index is 10.9. The van der Waals surface area contributed by atoms with Crippen molar-refractivity contribution in [1.29, 1.82) is 0 Å². The molecule has 1 saturated carbocycles.